The van der Waals surface area contributed by atoms with E-state index in [0.29, 0.717) is 11.3 Å². The molecule has 0 atom stereocenters. The number of rotatable bonds is 5. The first-order valence-corrected chi connectivity index (χ1v) is 7.77. The van der Waals surface area contributed by atoms with Crippen LogP contribution in [0.1, 0.15) is 18.1 Å². The van der Waals surface area contributed by atoms with Gasteiger partial charge < -0.3 is 14.2 Å². The van der Waals surface area contributed by atoms with E-state index in [0.717, 1.165) is 0 Å². The van der Waals surface area contributed by atoms with Crippen LogP contribution in [0.3, 0.4) is 0 Å². The van der Waals surface area contributed by atoms with Gasteiger partial charge in [0.1, 0.15) is 11.5 Å². The van der Waals surface area contributed by atoms with Gasteiger partial charge in [-0.25, -0.2) is 9.79 Å². The van der Waals surface area contributed by atoms with Crippen LogP contribution in [0.2, 0.25) is 0 Å². The molecule has 27 heavy (non-hydrogen) atoms. The Morgan fingerprint density at radius 2 is 1.85 bits per heavy atom. The van der Waals surface area contributed by atoms with Gasteiger partial charge in [0.2, 0.25) is 5.90 Å². The minimum absolute atomic E-state index is 0.00270. The number of benzene rings is 2. The Kier molecular flexibility index (Phi) is 5.25. The van der Waals surface area contributed by atoms with E-state index in [1.165, 1.54) is 31.2 Å². The number of carbonyl (C=O) groups is 2. The average Bonchev–Trinajstić information content (AvgIpc) is 2.96. The topological polar surface area (TPSA) is 74.2 Å². The standard InChI is InChI=1S/C19H13F2NO5/c1-11(23)25-13-8-6-12(7-9-13)10-15-18(24)27-17(22-15)14-4-2-3-5-16(14)26-19(20)21/h2-10,19H,1H3/b15-10-. The average molecular weight is 373 g/mol. The van der Waals surface area contributed by atoms with E-state index < -0.39 is 18.6 Å². The lowest BCUT2D eigenvalue weighted by Crippen LogP contribution is -2.10. The summed E-state index contributed by atoms with van der Waals surface area (Å²) in [5.41, 5.74) is 0.747. The van der Waals surface area contributed by atoms with Gasteiger partial charge in [0, 0.05) is 6.92 Å². The summed E-state index contributed by atoms with van der Waals surface area (Å²) in [6.45, 7) is -1.73. The van der Waals surface area contributed by atoms with Gasteiger partial charge in [-0.1, -0.05) is 24.3 Å². The Morgan fingerprint density at radius 1 is 1.15 bits per heavy atom. The van der Waals surface area contributed by atoms with E-state index in [-0.39, 0.29) is 22.9 Å². The van der Waals surface area contributed by atoms with Crippen LogP contribution in [0, 0.1) is 0 Å². The summed E-state index contributed by atoms with van der Waals surface area (Å²) in [4.78, 5) is 27.0. The Labute approximate surface area is 152 Å². The van der Waals surface area contributed by atoms with Gasteiger partial charge in [0.05, 0.1) is 5.56 Å². The Bertz CT molecular complexity index is 935. The largest absolute Gasteiger partial charge is 0.434 e. The lowest BCUT2D eigenvalue weighted by atomic mass is 10.2. The molecule has 0 fully saturated rings. The van der Waals surface area contributed by atoms with E-state index in [1.54, 1.807) is 30.3 Å². The summed E-state index contributed by atoms with van der Waals surface area (Å²) in [6.07, 6.45) is 1.46. The Morgan fingerprint density at radius 3 is 2.52 bits per heavy atom. The predicted octanol–water partition coefficient (Wildman–Crippen LogP) is 3.56. The third kappa shape index (κ3) is 4.55. The van der Waals surface area contributed by atoms with Crippen molar-refractivity contribution in [3.63, 3.8) is 0 Å². The van der Waals surface area contributed by atoms with Crippen molar-refractivity contribution in [2.75, 3.05) is 0 Å². The molecule has 3 rings (SSSR count). The summed E-state index contributed by atoms with van der Waals surface area (Å²) in [5, 5.41) is 0. The number of halogens is 2. The van der Waals surface area contributed by atoms with E-state index in [1.807, 2.05) is 0 Å². The number of cyclic esters (lactones) is 1. The number of carbonyl (C=O) groups excluding carboxylic acids is 2. The monoisotopic (exact) mass is 373 g/mol. The highest BCUT2D eigenvalue weighted by atomic mass is 19.3. The first-order chi connectivity index (χ1) is 12.9. The van der Waals surface area contributed by atoms with Gasteiger partial charge in [-0.2, -0.15) is 8.78 Å². The fourth-order valence-corrected chi connectivity index (χ4v) is 2.32. The zero-order valence-electron chi connectivity index (χ0n) is 14.0. The molecule has 2 aromatic carbocycles. The third-order valence-electron chi connectivity index (χ3n) is 3.40. The summed E-state index contributed by atoms with van der Waals surface area (Å²) >= 11 is 0. The molecule has 0 amide bonds. The van der Waals surface area contributed by atoms with Crippen molar-refractivity contribution in [1.29, 1.82) is 0 Å². The van der Waals surface area contributed by atoms with Gasteiger partial charge in [-0.3, -0.25) is 4.79 Å². The van der Waals surface area contributed by atoms with Crippen LogP contribution >= 0.6 is 0 Å². The summed E-state index contributed by atoms with van der Waals surface area (Å²) in [6, 6.07) is 12.3. The molecule has 0 aromatic heterocycles. The summed E-state index contributed by atoms with van der Waals surface area (Å²) in [5.74, 6) is -1.08. The van der Waals surface area contributed by atoms with Crippen molar-refractivity contribution in [1.82, 2.24) is 0 Å². The number of nitrogens with zero attached hydrogens (tertiary/aromatic N) is 1. The summed E-state index contributed by atoms with van der Waals surface area (Å²) < 4.78 is 39.5. The molecular formula is C19H13F2NO5. The van der Waals surface area contributed by atoms with Crippen molar-refractivity contribution in [2.45, 2.75) is 13.5 Å². The molecule has 1 aliphatic heterocycles. The van der Waals surface area contributed by atoms with Crippen molar-refractivity contribution >= 4 is 23.9 Å². The molecule has 0 spiro atoms. The molecule has 1 heterocycles. The molecule has 2 aromatic rings. The number of ether oxygens (including phenoxy) is 3. The predicted molar refractivity (Wildman–Crippen MR) is 91.4 cm³/mol. The molecule has 0 N–H and O–H groups in total. The zero-order valence-corrected chi connectivity index (χ0v) is 14.0. The van der Waals surface area contributed by atoms with E-state index in [4.69, 9.17) is 9.47 Å². The van der Waals surface area contributed by atoms with Gasteiger partial charge in [0.15, 0.2) is 5.70 Å². The second-order valence-electron chi connectivity index (χ2n) is 5.37. The molecule has 0 aliphatic carbocycles. The molecular weight excluding hydrogens is 360 g/mol. The van der Waals surface area contributed by atoms with Gasteiger partial charge in [-0.05, 0) is 35.9 Å². The molecule has 0 saturated heterocycles. The molecule has 1 aliphatic rings. The second kappa shape index (κ2) is 7.77. The van der Waals surface area contributed by atoms with Crippen molar-refractivity contribution in [3.05, 3.63) is 65.4 Å². The number of aliphatic imine (C=N–C) groups is 1. The van der Waals surface area contributed by atoms with E-state index >= 15 is 0 Å². The molecule has 0 saturated carbocycles. The van der Waals surface area contributed by atoms with Crippen molar-refractivity contribution in [3.8, 4) is 11.5 Å². The van der Waals surface area contributed by atoms with E-state index in [9.17, 15) is 18.4 Å². The smallest absolute Gasteiger partial charge is 0.387 e. The first kappa shape index (κ1) is 18.2. The van der Waals surface area contributed by atoms with Crippen molar-refractivity contribution in [2.24, 2.45) is 4.99 Å². The quantitative estimate of drug-likeness (QED) is 0.455. The second-order valence-corrected chi connectivity index (χ2v) is 5.37. The lowest BCUT2D eigenvalue weighted by molar-refractivity contribution is -0.132. The fourth-order valence-electron chi connectivity index (χ4n) is 2.32. The number of para-hydroxylation sites is 1. The van der Waals surface area contributed by atoms with Crippen LogP contribution in [0.25, 0.3) is 6.08 Å². The SMILES string of the molecule is CC(=O)Oc1ccc(/C=C2\N=C(c3ccccc3OC(F)F)OC2=O)cc1. The molecule has 0 bridgehead atoms. The molecule has 0 radical (unpaired) electrons. The minimum Gasteiger partial charge on any atom is -0.434 e. The first-order valence-electron chi connectivity index (χ1n) is 7.77. The maximum atomic E-state index is 12.5. The highest BCUT2D eigenvalue weighted by Gasteiger charge is 2.26. The molecule has 6 nitrogen and oxygen atoms in total. The van der Waals surface area contributed by atoms with Crippen LogP contribution in [0.5, 0.6) is 11.5 Å². The summed E-state index contributed by atoms with van der Waals surface area (Å²) in [7, 11) is 0. The molecule has 0 unspecified atom stereocenters. The Balaban J connectivity index is 1.86. The van der Waals surface area contributed by atoms with Crippen LogP contribution in [-0.2, 0) is 14.3 Å². The molecule has 8 heteroatoms. The number of alkyl halides is 2. The molecule has 138 valence electrons. The number of hydrogen-bond acceptors (Lipinski definition) is 6. The maximum absolute atomic E-state index is 12.5. The van der Waals surface area contributed by atoms with Crippen LogP contribution < -0.4 is 9.47 Å². The zero-order chi connectivity index (χ0) is 19.4. The van der Waals surface area contributed by atoms with Crippen LogP contribution in [-0.4, -0.2) is 24.4 Å². The minimum atomic E-state index is -3.02. The lowest BCUT2D eigenvalue weighted by Gasteiger charge is -2.08. The van der Waals surface area contributed by atoms with Crippen LogP contribution in [0.15, 0.2) is 59.2 Å². The fraction of sp³-hybridized carbons (Fsp3) is 0.105. The van der Waals surface area contributed by atoms with Gasteiger partial charge in [-0.15, -0.1) is 0 Å². The maximum Gasteiger partial charge on any atom is 0.387 e. The van der Waals surface area contributed by atoms with Crippen molar-refractivity contribution < 1.29 is 32.6 Å². The van der Waals surface area contributed by atoms with Crippen LogP contribution in [0.4, 0.5) is 8.78 Å². The van der Waals surface area contributed by atoms with E-state index in [2.05, 4.69) is 9.73 Å². The highest BCUT2D eigenvalue weighted by molar-refractivity contribution is 6.13. The third-order valence-corrected chi connectivity index (χ3v) is 3.40. The Hall–Kier alpha value is -3.55. The number of esters is 2. The normalized spacial score (nSPS) is 14.9. The highest BCUT2D eigenvalue weighted by Crippen LogP contribution is 2.26. The van der Waals surface area contributed by atoms with Gasteiger partial charge >= 0.3 is 18.6 Å². The van der Waals surface area contributed by atoms with Gasteiger partial charge in [0.25, 0.3) is 0 Å². The number of hydrogen-bond donors (Lipinski definition) is 0.